The van der Waals surface area contributed by atoms with Crippen LogP contribution in [0.5, 0.6) is 0 Å². The summed E-state index contributed by atoms with van der Waals surface area (Å²) in [5, 5.41) is 3.24. The summed E-state index contributed by atoms with van der Waals surface area (Å²) in [5.74, 6) is 1.87. The van der Waals surface area contributed by atoms with Crippen molar-refractivity contribution in [2.45, 2.75) is 94.4 Å². The van der Waals surface area contributed by atoms with Crippen molar-refractivity contribution in [3.63, 3.8) is 0 Å². The molecule has 42 heavy (non-hydrogen) atoms. The summed E-state index contributed by atoms with van der Waals surface area (Å²) in [6, 6.07) is 21.7. The predicted molar refractivity (Wildman–Crippen MR) is 192 cm³/mol. The van der Waals surface area contributed by atoms with Crippen molar-refractivity contribution < 1.29 is 0 Å². The van der Waals surface area contributed by atoms with Crippen LogP contribution in [-0.2, 0) is 12.8 Å². The van der Waals surface area contributed by atoms with E-state index in [1.807, 2.05) is 32.1 Å². The highest BCUT2D eigenvalue weighted by Gasteiger charge is 2.14. The first-order chi connectivity index (χ1) is 20.0. The van der Waals surface area contributed by atoms with E-state index in [4.69, 9.17) is 11.6 Å². The molecule has 6 rings (SSSR count). The zero-order chi connectivity index (χ0) is 31.2. The van der Waals surface area contributed by atoms with Gasteiger partial charge in [0.25, 0.3) is 0 Å². The zero-order valence-corrected chi connectivity index (χ0v) is 29.7. The molecule has 1 unspecified atom stereocenters. The Morgan fingerprint density at radius 1 is 0.690 bits per heavy atom. The molecule has 4 aromatic rings. The first kappa shape index (κ1) is 36.1. The topological polar surface area (TPSA) is 3.24 Å². The van der Waals surface area contributed by atoms with Gasteiger partial charge in [-0.05, 0) is 133 Å². The van der Waals surface area contributed by atoms with Gasteiger partial charge in [0, 0.05) is 15.1 Å². The van der Waals surface area contributed by atoms with Crippen molar-refractivity contribution in [3.05, 3.63) is 103 Å². The maximum absolute atomic E-state index is 6.18. The largest absolute Gasteiger partial charge is 0.306 e. The maximum Gasteiger partial charge on any atom is 0.0513 e. The molecule has 2 heterocycles. The number of thiophene rings is 1. The molecule has 1 aromatic heterocycles. The fraction of sp³-hybridized carbons (Fsp3) is 0.487. The minimum atomic E-state index is 0.873. The Bertz CT molecular complexity index is 1320. The van der Waals surface area contributed by atoms with Gasteiger partial charge in [-0.15, -0.1) is 11.3 Å². The monoisotopic (exact) mass is 605 g/mol. The smallest absolute Gasteiger partial charge is 0.0513 e. The van der Waals surface area contributed by atoms with Crippen LogP contribution in [0.3, 0.4) is 0 Å². The van der Waals surface area contributed by atoms with Gasteiger partial charge in [0.15, 0.2) is 0 Å². The minimum absolute atomic E-state index is 0.873. The molecule has 3 aromatic carbocycles. The fourth-order valence-corrected chi connectivity index (χ4v) is 6.30. The summed E-state index contributed by atoms with van der Waals surface area (Å²) in [6.07, 6.45) is 6.75. The lowest BCUT2D eigenvalue weighted by atomic mass is 9.84. The third-order valence-corrected chi connectivity index (χ3v) is 9.44. The quantitative estimate of drug-likeness (QED) is 0.193. The summed E-state index contributed by atoms with van der Waals surface area (Å²) < 4.78 is 0. The van der Waals surface area contributed by atoms with Gasteiger partial charge in [-0.3, -0.25) is 0 Å². The van der Waals surface area contributed by atoms with Crippen LogP contribution in [0.4, 0.5) is 0 Å². The number of aryl methyl sites for hydroxylation is 6. The average Bonchev–Trinajstić information content (AvgIpc) is 3.36. The van der Waals surface area contributed by atoms with Crippen LogP contribution in [0.25, 0.3) is 10.8 Å². The Morgan fingerprint density at radius 2 is 1.29 bits per heavy atom. The van der Waals surface area contributed by atoms with E-state index in [0.29, 0.717) is 0 Å². The van der Waals surface area contributed by atoms with Gasteiger partial charge in [0.1, 0.15) is 0 Å². The van der Waals surface area contributed by atoms with E-state index in [0.717, 1.165) is 27.8 Å². The lowest BCUT2D eigenvalue weighted by Crippen LogP contribution is -2.28. The van der Waals surface area contributed by atoms with Crippen LogP contribution < -0.4 is 0 Å². The van der Waals surface area contributed by atoms with Crippen molar-refractivity contribution >= 4 is 33.7 Å². The third kappa shape index (κ3) is 12.2. The Hall–Kier alpha value is -2.13. The molecule has 0 N–H and O–H groups in total. The molecular formula is C39H56ClNS. The number of piperidine rings is 1. The summed E-state index contributed by atoms with van der Waals surface area (Å²) in [5.41, 5.74) is 6.99. The molecule has 3 heteroatoms. The minimum Gasteiger partial charge on any atom is -0.306 e. The second-order valence-corrected chi connectivity index (χ2v) is 14.1. The predicted octanol–water partition coefficient (Wildman–Crippen LogP) is 12.0. The molecule has 0 radical (unpaired) electrons. The van der Waals surface area contributed by atoms with Crippen molar-refractivity contribution in [3.8, 4) is 0 Å². The van der Waals surface area contributed by atoms with Crippen LogP contribution in [-0.4, -0.2) is 25.0 Å². The normalized spacial score (nSPS) is 16.3. The van der Waals surface area contributed by atoms with Gasteiger partial charge in [-0.2, -0.15) is 0 Å². The molecule has 1 aliphatic carbocycles. The molecule has 0 amide bonds. The van der Waals surface area contributed by atoms with Gasteiger partial charge in [0.05, 0.1) is 5.02 Å². The molecule has 0 spiro atoms. The van der Waals surface area contributed by atoms with E-state index in [1.54, 1.807) is 11.1 Å². The molecule has 0 bridgehead atoms. The SMILES string of the molecule is CC.CC1CCN(C)CC1.Cc1ccc(C)s1.Cc1ccc2c(Cl)c(C)ccc2c1.Cc1ccc2c(c1)CCC(C)C2. The molecule has 0 saturated carbocycles. The van der Waals surface area contributed by atoms with E-state index in [9.17, 15) is 0 Å². The zero-order valence-electron chi connectivity index (χ0n) is 28.1. The number of hydrogen-bond donors (Lipinski definition) is 0. The van der Waals surface area contributed by atoms with E-state index in [1.165, 1.54) is 71.5 Å². The third-order valence-electron chi connectivity index (χ3n) is 8.02. The van der Waals surface area contributed by atoms with Crippen molar-refractivity contribution in [2.75, 3.05) is 20.1 Å². The Morgan fingerprint density at radius 3 is 1.86 bits per heavy atom. The molecule has 1 atom stereocenters. The number of nitrogens with zero attached hydrogens (tertiary/aromatic N) is 1. The van der Waals surface area contributed by atoms with Gasteiger partial charge >= 0.3 is 0 Å². The molecule has 1 nitrogen and oxygen atoms in total. The lowest BCUT2D eigenvalue weighted by Gasteiger charge is -2.26. The number of halogens is 1. The first-order valence-corrected chi connectivity index (χ1v) is 17.2. The molecule has 1 saturated heterocycles. The van der Waals surface area contributed by atoms with Gasteiger partial charge in [0.2, 0.25) is 0 Å². The Labute approximate surface area is 267 Å². The molecular weight excluding hydrogens is 550 g/mol. The van der Waals surface area contributed by atoms with E-state index >= 15 is 0 Å². The maximum atomic E-state index is 6.18. The van der Waals surface area contributed by atoms with Crippen LogP contribution in [0.1, 0.15) is 84.5 Å². The van der Waals surface area contributed by atoms with E-state index in [2.05, 4.69) is 114 Å². The van der Waals surface area contributed by atoms with E-state index in [-0.39, 0.29) is 0 Å². The molecule has 1 aliphatic heterocycles. The highest BCUT2D eigenvalue weighted by Crippen LogP contribution is 2.27. The van der Waals surface area contributed by atoms with Crippen molar-refractivity contribution in [2.24, 2.45) is 11.8 Å². The number of benzene rings is 3. The number of rotatable bonds is 0. The summed E-state index contributed by atoms with van der Waals surface area (Å²) in [6.45, 7) is 21.8. The molecule has 230 valence electrons. The highest BCUT2D eigenvalue weighted by molar-refractivity contribution is 7.11. The first-order valence-electron chi connectivity index (χ1n) is 16.0. The van der Waals surface area contributed by atoms with Gasteiger partial charge in [-0.1, -0.05) is 99.0 Å². The lowest BCUT2D eigenvalue weighted by molar-refractivity contribution is 0.230. The number of fused-ring (bicyclic) bond motifs is 2. The second-order valence-electron chi connectivity index (χ2n) is 12.2. The van der Waals surface area contributed by atoms with Gasteiger partial charge < -0.3 is 4.90 Å². The molecule has 1 fully saturated rings. The van der Waals surface area contributed by atoms with Gasteiger partial charge in [-0.25, -0.2) is 0 Å². The fourth-order valence-electron chi connectivity index (χ4n) is 5.28. The van der Waals surface area contributed by atoms with Crippen molar-refractivity contribution in [1.29, 1.82) is 0 Å². The summed E-state index contributed by atoms with van der Waals surface area (Å²) >= 11 is 8.02. The van der Waals surface area contributed by atoms with E-state index < -0.39 is 0 Å². The van der Waals surface area contributed by atoms with Crippen LogP contribution in [0, 0.1) is 46.5 Å². The van der Waals surface area contributed by atoms with Crippen LogP contribution in [0.2, 0.25) is 5.02 Å². The number of hydrogen-bond acceptors (Lipinski definition) is 2. The Balaban J connectivity index is 0.000000197. The average molecular weight is 606 g/mol. The molecule has 2 aliphatic rings. The number of likely N-dealkylation sites (tertiary alicyclic amines) is 1. The highest BCUT2D eigenvalue weighted by atomic mass is 35.5. The Kier molecular flexibility index (Phi) is 15.9. The van der Waals surface area contributed by atoms with Crippen LogP contribution >= 0.6 is 22.9 Å². The summed E-state index contributed by atoms with van der Waals surface area (Å²) in [4.78, 5) is 5.20. The summed E-state index contributed by atoms with van der Waals surface area (Å²) in [7, 11) is 2.20. The standard InChI is InChI=1S/C12H11Cl.C12H16.C7H15N.C6H8S.C2H6/c1-8-3-6-11-10(7-8)5-4-9(2)12(11)13;1-9-3-5-12-8-10(2)4-6-11(12)7-9;1-7-3-5-8(2)6-4-7;1-5-3-4-6(2)7-5;1-2/h3-7H,1-2H3;3,5,7,10H,4,6,8H2,1-2H3;7H,3-6H2,1-2H3;3-4H,1-2H3;1-2H3. The second kappa shape index (κ2) is 18.5. The van der Waals surface area contributed by atoms with Crippen molar-refractivity contribution in [1.82, 2.24) is 4.90 Å². The van der Waals surface area contributed by atoms with Crippen LogP contribution in [0.15, 0.2) is 60.7 Å².